The van der Waals surface area contributed by atoms with Crippen molar-refractivity contribution in [2.45, 2.75) is 38.6 Å². The number of ketones is 1. The molecule has 0 saturated heterocycles. The van der Waals surface area contributed by atoms with Gasteiger partial charge in [-0.05, 0) is 32.6 Å². The molecule has 15 heavy (non-hydrogen) atoms. The number of carbonyl (C=O) groups is 1. The van der Waals surface area contributed by atoms with E-state index in [4.69, 9.17) is 0 Å². The fourth-order valence-electron chi connectivity index (χ4n) is 2.12. The summed E-state index contributed by atoms with van der Waals surface area (Å²) in [7, 11) is -1.47. The van der Waals surface area contributed by atoms with Gasteiger partial charge >= 0.3 is 0 Å². The van der Waals surface area contributed by atoms with E-state index in [1.54, 1.807) is 14.0 Å². The van der Waals surface area contributed by atoms with Crippen LogP contribution in [0.3, 0.4) is 0 Å². The zero-order valence-corrected chi connectivity index (χ0v) is 10.4. The maximum absolute atomic E-state index is 11.3. The second-order valence-corrected chi connectivity index (χ2v) is 6.44. The van der Waals surface area contributed by atoms with Gasteiger partial charge in [0.2, 0.25) is 10.0 Å². The molecule has 4 nitrogen and oxygen atoms in total. The van der Waals surface area contributed by atoms with Crippen molar-refractivity contribution in [2.75, 3.05) is 13.3 Å². The Balaban J connectivity index is 2.55. The van der Waals surface area contributed by atoms with E-state index in [0.717, 1.165) is 25.7 Å². The molecule has 0 heterocycles. The molecule has 0 spiro atoms. The number of Topliss-reactive ketones (excluding diaryl/α,β-unsaturated/α-hetero) is 1. The van der Waals surface area contributed by atoms with Gasteiger partial charge in [-0.25, -0.2) is 12.7 Å². The first-order chi connectivity index (χ1) is 6.82. The van der Waals surface area contributed by atoms with Crippen molar-refractivity contribution in [3.63, 3.8) is 0 Å². The van der Waals surface area contributed by atoms with Crippen LogP contribution in [0.15, 0.2) is 0 Å². The molecule has 0 N–H and O–H groups in total. The van der Waals surface area contributed by atoms with E-state index in [1.165, 1.54) is 10.6 Å². The smallest absolute Gasteiger partial charge is 0.211 e. The minimum Gasteiger partial charge on any atom is -0.300 e. The van der Waals surface area contributed by atoms with Crippen molar-refractivity contribution >= 4 is 15.8 Å². The summed E-state index contributed by atoms with van der Waals surface area (Å²) in [5.41, 5.74) is 0. The van der Waals surface area contributed by atoms with Crippen LogP contribution in [0, 0.1) is 5.92 Å². The Kier molecular flexibility index (Phi) is 3.89. The summed E-state index contributed by atoms with van der Waals surface area (Å²) in [4.78, 5) is 11.1. The number of nitrogens with zero attached hydrogens (tertiary/aromatic N) is 1. The van der Waals surface area contributed by atoms with Gasteiger partial charge in [-0.3, -0.25) is 4.79 Å². The van der Waals surface area contributed by atoms with Gasteiger partial charge in [-0.15, -0.1) is 0 Å². The summed E-state index contributed by atoms with van der Waals surface area (Å²) in [5, 5.41) is 0. The Morgan fingerprint density at radius 3 is 2.00 bits per heavy atom. The molecule has 0 aromatic heterocycles. The zero-order valence-electron chi connectivity index (χ0n) is 9.56. The molecule has 1 aliphatic carbocycles. The van der Waals surface area contributed by atoms with E-state index in [2.05, 4.69) is 0 Å². The molecule has 5 heteroatoms. The van der Waals surface area contributed by atoms with Crippen LogP contribution in [-0.4, -0.2) is 37.9 Å². The van der Waals surface area contributed by atoms with E-state index in [9.17, 15) is 13.2 Å². The van der Waals surface area contributed by atoms with Crippen LogP contribution in [0.5, 0.6) is 0 Å². The first kappa shape index (κ1) is 12.6. The molecule has 0 amide bonds. The lowest BCUT2D eigenvalue weighted by molar-refractivity contribution is -0.121. The van der Waals surface area contributed by atoms with Crippen molar-refractivity contribution in [2.24, 2.45) is 5.92 Å². The quantitative estimate of drug-likeness (QED) is 0.731. The fraction of sp³-hybridized carbons (Fsp3) is 0.900. The molecule has 1 fully saturated rings. The number of hydrogen-bond acceptors (Lipinski definition) is 3. The lowest BCUT2D eigenvalue weighted by atomic mass is 9.84. The van der Waals surface area contributed by atoms with Gasteiger partial charge in [-0.1, -0.05) is 0 Å². The molecule has 0 aromatic rings. The van der Waals surface area contributed by atoms with Crippen LogP contribution in [0.2, 0.25) is 0 Å². The van der Waals surface area contributed by atoms with Crippen LogP contribution in [-0.2, 0) is 14.8 Å². The first-order valence-corrected chi connectivity index (χ1v) is 7.10. The highest BCUT2D eigenvalue weighted by molar-refractivity contribution is 7.88. The third kappa shape index (κ3) is 3.28. The van der Waals surface area contributed by atoms with Gasteiger partial charge < -0.3 is 0 Å². The Bertz CT molecular complexity index is 329. The molecule has 1 aliphatic rings. The van der Waals surface area contributed by atoms with Gasteiger partial charge in [0.1, 0.15) is 5.78 Å². The van der Waals surface area contributed by atoms with Gasteiger partial charge in [-0.2, -0.15) is 0 Å². The van der Waals surface area contributed by atoms with Crippen molar-refractivity contribution in [1.29, 1.82) is 0 Å². The van der Waals surface area contributed by atoms with Crippen LogP contribution in [0.4, 0.5) is 0 Å². The standard InChI is InChI=1S/C10H19NO3S/c1-8(12)9-4-6-10(7-5-9)11(2)15(3,13)14/h9-10H,4-7H2,1-3H3. The molecule has 0 aromatic carbocycles. The predicted molar refractivity (Wildman–Crippen MR) is 59.0 cm³/mol. The summed E-state index contributed by atoms with van der Waals surface area (Å²) in [6.45, 7) is 1.62. The van der Waals surface area contributed by atoms with Gasteiger partial charge in [0.25, 0.3) is 0 Å². The number of sulfonamides is 1. The summed E-state index contributed by atoms with van der Waals surface area (Å²) >= 11 is 0. The van der Waals surface area contributed by atoms with Gasteiger partial charge in [0.05, 0.1) is 6.26 Å². The molecule has 1 saturated carbocycles. The van der Waals surface area contributed by atoms with Crippen molar-refractivity contribution < 1.29 is 13.2 Å². The number of hydrogen-bond donors (Lipinski definition) is 0. The average molecular weight is 233 g/mol. The highest BCUT2D eigenvalue weighted by atomic mass is 32.2. The largest absolute Gasteiger partial charge is 0.300 e. The molecular formula is C10H19NO3S. The number of carbonyl (C=O) groups excluding carboxylic acids is 1. The summed E-state index contributed by atoms with van der Waals surface area (Å²) < 4.78 is 24.0. The summed E-state index contributed by atoms with van der Waals surface area (Å²) in [6.07, 6.45) is 4.46. The molecule has 1 rings (SSSR count). The lowest BCUT2D eigenvalue weighted by Gasteiger charge is -2.32. The molecule has 0 atom stereocenters. The van der Waals surface area contributed by atoms with Gasteiger partial charge in [0, 0.05) is 19.0 Å². The van der Waals surface area contributed by atoms with Crippen LogP contribution in [0.25, 0.3) is 0 Å². The topological polar surface area (TPSA) is 54.5 Å². The van der Waals surface area contributed by atoms with Gasteiger partial charge in [0.15, 0.2) is 0 Å². The monoisotopic (exact) mass is 233 g/mol. The number of rotatable bonds is 3. The Labute approximate surface area is 91.7 Å². The van der Waals surface area contributed by atoms with E-state index < -0.39 is 10.0 Å². The van der Waals surface area contributed by atoms with Crippen LogP contribution < -0.4 is 0 Å². The van der Waals surface area contributed by atoms with Crippen LogP contribution in [0.1, 0.15) is 32.6 Å². The summed E-state index contributed by atoms with van der Waals surface area (Å²) in [6, 6.07) is 0.0793. The highest BCUT2D eigenvalue weighted by Gasteiger charge is 2.29. The van der Waals surface area contributed by atoms with E-state index in [0.29, 0.717) is 0 Å². The summed E-state index contributed by atoms with van der Waals surface area (Å²) in [5.74, 6) is 0.379. The molecule has 0 unspecified atom stereocenters. The van der Waals surface area contributed by atoms with Crippen molar-refractivity contribution in [1.82, 2.24) is 4.31 Å². The molecule has 0 aliphatic heterocycles. The minimum atomic E-state index is -3.09. The Hall–Kier alpha value is -0.420. The predicted octanol–water partition coefficient (Wildman–Crippen LogP) is 1.03. The van der Waals surface area contributed by atoms with Crippen molar-refractivity contribution in [3.05, 3.63) is 0 Å². The Morgan fingerprint density at radius 2 is 1.67 bits per heavy atom. The highest BCUT2D eigenvalue weighted by Crippen LogP contribution is 2.28. The average Bonchev–Trinajstić information content (AvgIpc) is 2.15. The van der Waals surface area contributed by atoms with E-state index in [-0.39, 0.29) is 17.7 Å². The minimum absolute atomic E-state index is 0.0793. The third-order valence-corrected chi connectivity index (χ3v) is 4.65. The maximum Gasteiger partial charge on any atom is 0.211 e. The first-order valence-electron chi connectivity index (χ1n) is 5.26. The van der Waals surface area contributed by atoms with E-state index >= 15 is 0 Å². The molecule has 0 bridgehead atoms. The maximum atomic E-state index is 11.3. The SMILES string of the molecule is CC(=O)C1CCC(N(C)S(C)(=O)=O)CC1. The molecule has 88 valence electrons. The van der Waals surface area contributed by atoms with E-state index in [1.807, 2.05) is 0 Å². The second-order valence-electron chi connectivity index (χ2n) is 4.40. The van der Waals surface area contributed by atoms with Crippen molar-refractivity contribution in [3.8, 4) is 0 Å². The Morgan fingerprint density at radius 1 is 1.20 bits per heavy atom. The second kappa shape index (κ2) is 4.61. The fourth-order valence-corrected chi connectivity index (χ4v) is 2.87. The zero-order chi connectivity index (χ0) is 11.6. The molecular weight excluding hydrogens is 214 g/mol. The lowest BCUT2D eigenvalue weighted by Crippen LogP contribution is -2.39. The van der Waals surface area contributed by atoms with Crippen LogP contribution >= 0.6 is 0 Å². The normalized spacial score (nSPS) is 28.0. The molecule has 0 radical (unpaired) electrons. The third-order valence-electron chi connectivity index (χ3n) is 3.31.